The summed E-state index contributed by atoms with van der Waals surface area (Å²) in [7, 11) is 0. The third kappa shape index (κ3) is 5.02. The van der Waals surface area contributed by atoms with Crippen LogP contribution < -0.4 is 10.2 Å². The number of nitrogens with zero attached hydrogens (tertiary/aromatic N) is 4. The topological polar surface area (TPSA) is 77.1 Å². The van der Waals surface area contributed by atoms with Gasteiger partial charge in [-0.1, -0.05) is 60.3 Å². The van der Waals surface area contributed by atoms with E-state index in [2.05, 4.69) is 45.1 Å². The average Bonchev–Trinajstić information content (AvgIpc) is 3.37. The van der Waals surface area contributed by atoms with Crippen LogP contribution in [0.4, 0.5) is 0 Å². The van der Waals surface area contributed by atoms with Gasteiger partial charge in [-0.25, -0.2) is 0 Å². The standard InChI is InChI=1S/C21H24N6OS/c1-16-7-5-6-10-19(16)27-21(23-24-25-27)29-15-20(28)22-18-11-12-26(14-18)13-17-8-3-2-4-9-17/h2-10,18H,11-15H2,1H3,(H,22,28)/p+1/t18-/m1/s1. The van der Waals surface area contributed by atoms with Crippen LogP contribution in [0.15, 0.2) is 59.8 Å². The van der Waals surface area contributed by atoms with E-state index >= 15 is 0 Å². The van der Waals surface area contributed by atoms with Crippen LogP contribution >= 0.6 is 11.8 Å². The van der Waals surface area contributed by atoms with Crippen molar-refractivity contribution in [2.24, 2.45) is 0 Å². The van der Waals surface area contributed by atoms with Gasteiger partial charge in [0.25, 0.3) is 0 Å². The molecule has 0 aliphatic carbocycles. The second-order valence-corrected chi connectivity index (χ2v) is 8.31. The van der Waals surface area contributed by atoms with Crippen LogP contribution in [0, 0.1) is 6.92 Å². The second kappa shape index (κ2) is 9.19. The highest BCUT2D eigenvalue weighted by molar-refractivity contribution is 7.99. The molecule has 0 spiro atoms. The number of likely N-dealkylation sites (tertiary alicyclic amines) is 1. The van der Waals surface area contributed by atoms with Gasteiger partial charge >= 0.3 is 0 Å². The Balaban J connectivity index is 1.27. The van der Waals surface area contributed by atoms with E-state index in [1.165, 1.54) is 22.2 Å². The number of nitrogens with one attached hydrogen (secondary N) is 2. The van der Waals surface area contributed by atoms with Crippen LogP contribution in [0.3, 0.4) is 0 Å². The Morgan fingerprint density at radius 1 is 1.21 bits per heavy atom. The number of aromatic nitrogens is 4. The SMILES string of the molecule is Cc1ccccc1-n1nnnc1SCC(=O)N[C@@H]1CC[NH+](Cc2ccccc2)C1. The third-order valence-corrected chi connectivity index (χ3v) is 6.08. The highest BCUT2D eigenvalue weighted by Crippen LogP contribution is 2.20. The number of benzene rings is 2. The van der Waals surface area contributed by atoms with Crippen molar-refractivity contribution in [3.8, 4) is 5.69 Å². The molecule has 1 unspecified atom stereocenters. The van der Waals surface area contributed by atoms with Crippen LogP contribution in [0.25, 0.3) is 5.69 Å². The first-order valence-electron chi connectivity index (χ1n) is 9.83. The maximum atomic E-state index is 12.5. The molecule has 1 amide bonds. The summed E-state index contributed by atoms with van der Waals surface area (Å²) in [6.45, 7) is 5.07. The quantitative estimate of drug-likeness (QED) is 0.570. The number of carbonyl (C=O) groups is 1. The molecule has 1 fully saturated rings. The van der Waals surface area contributed by atoms with Gasteiger partial charge in [-0.2, -0.15) is 4.68 Å². The number of hydrogen-bond acceptors (Lipinski definition) is 5. The normalized spacial score (nSPS) is 18.7. The van der Waals surface area contributed by atoms with Crippen molar-refractivity contribution in [1.82, 2.24) is 25.5 Å². The molecule has 1 aliphatic rings. The lowest BCUT2D eigenvalue weighted by atomic mass is 10.2. The molecule has 4 rings (SSSR count). The van der Waals surface area contributed by atoms with Gasteiger partial charge in [0.1, 0.15) is 6.54 Å². The molecule has 2 atom stereocenters. The maximum Gasteiger partial charge on any atom is 0.230 e. The van der Waals surface area contributed by atoms with Gasteiger partial charge < -0.3 is 10.2 Å². The van der Waals surface area contributed by atoms with E-state index in [9.17, 15) is 4.79 Å². The minimum atomic E-state index is 0.0281. The molecule has 3 aromatic rings. The lowest BCUT2D eigenvalue weighted by Crippen LogP contribution is -3.09. The Morgan fingerprint density at radius 3 is 2.83 bits per heavy atom. The van der Waals surface area contributed by atoms with E-state index in [1.54, 1.807) is 4.68 Å². The summed E-state index contributed by atoms with van der Waals surface area (Å²) in [5, 5.41) is 15.7. The largest absolute Gasteiger partial charge is 0.347 e. The maximum absolute atomic E-state index is 12.5. The lowest BCUT2D eigenvalue weighted by molar-refractivity contribution is -0.901. The van der Waals surface area contributed by atoms with E-state index in [1.807, 2.05) is 37.3 Å². The van der Waals surface area contributed by atoms with Crippen molar-refractivity contribution in [3.05, 3.63) is 65.7 Å². The predicted molar refractivity (Wildman–Crippen MR) is 112 cm³/mol. The highest BCUT2D eigenvalue weighted by Gasteiger charge is 2.27. The fourth-order valence-electron chi connectivity index (χ4n) is 3.72. The molecule has 29 heavy (non-hydrogen) atoms. The number of quaternary nitrogens is 1. The Hall–Kier alpha value is -2.71. The summed E-state index contributed by atoms with van der Waals surface area (Å²) in [6, 6.07) is 18.7. The molecule has 7 nitrogen and oxygen atoms in total. The zero-order valence-electron chi connectivity index (χ0n) is 16.4. The number of aryl methyl sites for hydroxylation is 1. The Morgan fingerprint density at radius 2 is 2.00 bits per heavy atom. The van der Waals surface area contributed by atoms with E-state index in [0.717, 1.165) is 37.3 Å². The number of hydrogen-bond donors (Lipinski definition) is 2. The minimum Gasteiger partial charge on any atom is -0.347 e. The highest BCUT2D eigenvalue weighted by atomic mass is 32.2. The van der Waals surface area contributed by atoms with Gasteiger partial charge in [-0.15, -0.1) is 5.10 Å². The fourth-order valence-corrected chi connectivity index (χ4v) is 4.41. The molecule has 1 aliphatic heterocycles. The zero-order valence-corrected chi connectivity index (χ0v) is 17.2. The Kier molecular flexibility index (Phi) is 6.21. The van der Waals surface area contributed by atoms with E-state index in [-0.39, 0.29) is 11.9 Å². The molecule has 0 radical (unpaired) electrons. The van der Waals surface area contributed by atoms with Crippen molar-refractivity contribution in [2.45, 2.75) is 31.1 Å². The van der Waals surface area contributed by atoms with Crippen molar-refractivity contribution in [3.63, 3.8) is 0 Å². The van der Waals surface area contributed by atoms with Crippen molar-refractivity contribution in [1.29, 1.82) is 0 Å². The molecule has 2 N–H and O–H groups in total. The molecule has 1 aromatic heterocycles. The van der Waals surface area contributed by atoms with Gasteiger partial charge in [0.05, 0.1) is 30.6 Å². The van der Waals surface area contributed by atoms with Crippen LogP contribution in [-0.4, -0.2) is 51.0 Å². The molecule has 150 valence electrons. The molecule has 2 aromatic carbocycles. The summed E-state index contributed by atoms with van der Waals surface area (Å²) in [5.41, 5.74) is 3.35. The van der Waals surface area contributed by atoms with Gasteiger partial charge in [0.2, 0.25) is 11.1 Å². The zero-order chi connectivity index (χ0) is 20.1. The van der Waals surface area contributed by atoms with Gasteiger partial charge in [-0.05, 0) is 29.0 Å². The van der Waals surface area contributed by atoms with Gasteiger partial charge in [-0.3, -0.25) is 4.79 Å². The molecule has 1 saturated heterocycles. The Bertz CT molecular complexity index is 961. The predicted octanol–water partition coefficient (Wildman–Crippen LogP) is 1.04. The first-order chi connectivity index (χ1) is 14.2. The second-order valence-electron chi connectivity index (χ2n) is 7.37. The molecular formula is C21H25N6OS+. The average molecular weight is 410 g/mol. The van der Waals surface area contributed by atoms with E-state index < -0.39 is 0 Å². The van der Waals surface area contributed by atoms with Gasteiger partial charge in [0, 0.05) is 12.0 Å². The van der Waals surface area contributed by atoms with Crippen LogP contribution in [0.5, 0.6) is 0 Å². The first-order valence-corrected chi connectivity index (χ1v) is 10.8. The summed E-state index contributed by atoms with van der Waals surface area (Å²) in [6.07, 6.45) is 1.01. The molecule has 0 saturated carbocycles. The number of tetrazole rings is 1. The number of amides is 1. The van der Waals surface area contributed by atoms with E-state index in [4.69, 9.17) is 0 Å². The summed E-state index contributed by atoms with van der Waals surface area (Å²) >= 11 is 1.36. The van der Waals surface area contributed by atoms with Crippen LogP contribution in [0.2, 0.25) is 0 Å². The number of para-hydroxylation sites is 1. The number of carbonyl (C=O) groups excluding carboxylic acids is 1. The van der Waals surface area contributed by atoms with E-state index in [0.29, 0.717) is 10.9 Å². The summed E-state index contributed by atoms with van der Waals surface area (Å²) in [4.78, 5) is 14.0. The summed E-state index contributed by atoms with van der Waals surface area (Å²) in [5.74, 6) is 0.330. The third-order valence-electron chi connectivity index (χ3n) is 5.16. The smallest absolute Gasteiger partial charge is 0.230 e. The van der Waals surface area contributed by atoms with Crippen molar-refractivity contribution >= 4 is 17.7 Å². The van der Waals surface area contributed by atoms with Crippen LogP contribution in [-0.2, 0) is 11.3 Å². The molecule has 2 heterocycles. The number of rotatable bonds is 7. The monoisotopic (exact) mass is 409 g/mol. The summed E-state index contributed by atoms with van der Waals surface area (Å²) < 4.78 is 1.69. The molecule has 8 heteroatoms. The fraction of sp³-hybridized carbons (Fsp3) is 0.333. The number of thioether (sulfide) groups is 1. The van der Waals surface area contributed by atoms with Crippen molar-refractivity contribution in [2.75, 3.05) is 18.8 Å². The molecular weight excluding hydrogens is 384 g/mol. The first kappa shape index (κ1) is 19.6. The lowest BCUT2D eigenvalue weighted by Gasteiger charge is -2.14. The Labute approximate surface area is 174 Å². The van der Waals surface area contributed by atoms with Crippen LogP contribution in [0.1, 0.15) is 17.5 Å². The molecule has 0 bridgehead atoms. The van der Waals surface area contributed by atoms with Gasteiger partial charge in [0.15, 0.2) is 0 Å². The minimum absolute atomic E-state index is 0.0281. The van der Waals surface area contributed by atoms with Crippen molar-refractivity contribution < 1.29 is 9.69 Å².